The van der Waals surface area contributed by atoms with Gasteiger partial charge < -0.3 is 0 Å². The molecule has 2 rings (SSSR count). The predicted octanol–water partition coefficient (Wildman–Crippen LogP) is 2.62. The summed E-state index contributed by atoms with van der Waals surface area (Å²) in [6.45, 7) is 2.16. The van der Waals surface area contributed by atoms with Gasteiger partial charge in [-0.2, -0.15) is 5.43 Å². The van der Waals surface area contributed by atoms with Crippen LogP contribution in [0, 0.1) is 0 Å². The summed E-state index contributed by atoms with van der Waals surface area (Å²) in [5.74, 6) is 0. The first-order valence-corrected chi connectivity index (χ1v) is 5.81. The van der Waals surface area contributed by atoms with Gasteiger partial charge in [-0.15, -0.1) is 0 Å². The minimum atomic E-state index is 0.369. The summed E-state index contributed by atoms with van der Waals surface area (Å²) >= 11 is 11.8. The van der Waals surface area contributed by atoms with E-state index in [9.17, 15) is 0 Å². The third-order valence-corrected chi connectivity index (χ3v) is 3.72. The molecule has 1 aliphatic heterocycles. The zero-order valence-electron chi connectivity index (χ0n) is 8.63. The highest BCUT2D eigenvalue weighted by molar-refractivity contribution is 6.41. The van der Waals surface area contributed by atoms with Crippen LogP contribution in [0.2, 0.25) is 10.2 Å². The highest BCUT2D eigenvalue weighted by atomic mass is 35.5. The van der Waals surface area contributed by atoms with Crippen molar-refractivity contribution in [3.05, 3.63) is 22.4 Å². The summed E-state index contributed by atoms with van der Waals surface area (Å²) < 4.78 is 0.754. The average Bonchev–Trinajstić information content (AvgIpc) is 2.72. The van der Waals surface area contributed by atoms with E-state index in [0.29, 0.717) is 10.2 Å². The Morgan fingerprint density at radius 3 is 2.53 bits per heavy atom. The molecule has 0 bridgehead atoms. The molecular weight excluding hydrogens is 233 g/mol. The Labute approximate surface area is 99.6 Å². The number of nitrogens with one attached hydrogen (secondary N) is 1. The molecule has 3 nitrogen and oxygen atoms in total. The summed E-state index contributed by atoms with van der Waals surface area (Å²) in [6.07, 6.45) is 4.25. The normalized spacial score (nSPS) is 19.4. The van der Waals surface area contributed by atoms with E-state index in [1.165, 1.54) is 12.8 Å². The first-order valence-electron chi connectivity index (χ1n) is 5.06. The second-order valence-electron chi connectivity index (χ2n) is 3.81. The number of aromatic nitrogens is 1. The standard InChI is InChI=1S/C10H14Cl2N3/c1-13-15(4-2-3-5-15)8-6-9(11)10(12)14-7-8/h6-7,13H,2-5H2,1H3/q+1. The largest absolute Gasteiger partial charge is 0.237 e. The van der Waals surface area contributed by atoms with E-state index in [4.69, 9.17) is 23.2 Å². The minimum absolute atomic E-state index is 0.369. The van der Waals surface area contributed by atoms with Gasteiger partial charge in [-0.05, 0) is 0 Å². The molecule has 0 aliphatic carbocycles. The second-order valence-corrected chi connectivity index (χ2v) is 4.58. The number of rotatable bonds is 2. The summed E-state index contributed by atoms with van der Waals surface area (Å²) in [5, 5.41) is 0.891. The van der Waals surface area contributed by atoms with Crippen LogP contribution in [0.25, 0.3) is 0 Å². The van der Waals surface area contributed by atoms with Gasteiger partial charge in [-0.3, -0.25) is 0 Å². The zero-order valence-corrected chi connectivity index (χ0v) is 10.1. The molecule has 1 saturated heterocycles. The van der Waals surface area contributed by atoms with Crippen LogP contribution in [0.15, 0.2) is 12.3 Å². The predicted molar refractivity (Wildman–Crippen MR) is 64.1 cm³/mol. The number of hydrogen-bond acceptors (Lipinski definition) is 2. The summed E-state index contributed by atoms with van der Waals surface area (Å²) in [7, 11) is 1.97. The maximum absolute atomic E-state index is 5.98. The Morgan fingerprint density at radius 2 is 2.00 bits per heavy atom. The topological polar surface area (TPSA) is 24.9 Å². The molecule has 0 saturated carbocycles. The van der Waals surface area contributed by atoms with Crippen molar-refractivity contribution in [2.24, 2.45) is 0 Å². The highest BCUT2D eigenvalue weighted by Gasteiger charge is 2.34. The molecule has 82 valence electrons. The van der Waals surface area contributed by atoms with E-state index < -0.39 is 0 Å². The van der Waals surface area contributed by atoms with Gasteiger partial charge in [0.15, 0.2) is 5.69 Å². The van der Waals surface area contributed by atoms with E-state index >= 15 is 0 Å². The quantitative estimate of drug-likeness (QED) is 0.641. The van der Waals surface area contributed by atoms with Crippen LogP contribution < -0.4 is 10.0 Å². The maximum Gasteiger partial charge on any atom is 0.172 e. The fourth-order valence-electron chi connectivity index (χ4n) is 2.13. The van der Waals surface area contributed by atoms with Crippen molar-refractivity contribution in [2.75, 3.05) is 20.1 Å². The molecule has 1 aromatic heterocycles. The molecular formula is C10H14Cl2N3+. The Morgan fingerprint density at radius 1 is 1.33 bits per heavy atom. The third-order valence-electron chi connectivity index (χ3n) is 3.03. The van der Waals surface area contributed by atoms with Gasteiger partial charge in [0.05, 0.1) is 11.2 Å². The summed E-state index contributed by atoms with van der Waals surface area (Å²) in [5.41, 5.74) is 4.42. The Bertz CT molecular complexity index is 362. The summed E-state index contributed by atoms with van der Waals surface area (Å²) in [4.78, 5) is 4.09. The fraction of sp³-hybridized carbons (Fsp3) is 0.500. The lowest BCUT2D eigenvalue weighted by molar-refractivity contribution is 0.259. The van der Waals surface area contributed by atoms with Gasteiger partial charge in [0.2, 0.25) is 0 Å². The smallest absolute Gasteiger partial charge is 0.172 e. The van der Waals surface area contributed by atoms with Crippen molar-refractivity contribution in [2.45, 2.75) is 12.8 Å². The van der Waals surface area contributed by atoms with Crippen LogP contribution >= 0.6 is 23.2 Å². The van der Waals surface area contributed by atoms with E-state index in [1.54, 1.807) is 6.20 Å². The fourth-order valence-corrected chi connectivity index (χ4v) is 2.40. The number of hydrogen-bond donors (Lipinski definition) is 1. The van der Waals surface area contributed by atoms with Crippen LogP contribution in [0.4, 0.5) is 5.69 Å². The average molecular weight is 247 g/mol. The van der Waals surface area contributed by atoms with Gasteiger partial charge in [-0.25, -0.2) is 9.58 Å². The lowest BCUT2D eigenvalue weighted by atomic mass is 10.3. The van der Waals surface area contributed by atoms with Crippen molar-refractivity contribution in [3.8, 4) is 0 Å². The molecule has 0 aromatic carbocycles. The SMILES string of the molecule is CN[N+]1(c2cnc(Cl)c(Cl)c2)CCCC1. The number of pyridine rings is 1. The van der Waals surface area contributed by atoms with Crippen molar-refractivity contribution in [1.82, 2.24) is 15.0 Å². The number of nitrogens with zero attached hydrogens (tertiary/aromatic N) is 2. The third kappa shape index (κ3) is 1.97. The molecule has 0 spiro atoms. The number of halogens is 2. The van der Waals surface area contributed by atoms with Crippen LogP contribution in [0.1, 0.15) is 12.8 Å². The molecule has 1 N–H and O–H groups in total. The first kappa shape index (κ1) is 11.1. The van der Waals surface area contributed by atoms with Gasteiger partial charge in [0, 0.05) is 26.0 Å². The van der Waals surface area contributed by atoms with Crippen molar-refractivity contribution < 1.29 is 0 Å². The monoisotopic (exact) mass is 246 g/mol. The second kappa shape index (κ2) is 4.26. The lowest BCUT2D eigenvalue weighted by Gasteiger charge is -2.31. The van der Waals surface area contributed by atoms with Gasteiger partial charge in [0.25, 0.3) is 0 Å². The molecule has 1 aliphatic rings. The molecule has 0 unspecified atom stereocenters. The Hall–Kier alpha value is -0.350. The minimum Gasteiger partial charge on any atom is -0.237 e. The van der Waals surface area contributed by atoms with Crippen molar-refractivity contribution in [1.29, 1.82) is 0 Å². The van der Waals surface area contributed by atoms with Crippen LogP contribution in [0.3, 0.4) is 0 Å². The Kier molecular flexibility index (Phi) is 3.16. The van der Waals surface area contributed by atoms with Crippen LogP contribution in [-0.2, 0) is 0 Å². The molecule has 0 atom stereocenters. The molecule has 2 heterocycles. The molecule has 1 fully saturated rings. The maximum atomic E-state index is 5.98. The van der Waals surface area contributed by atoms with Crippen molar-refractivity contribution in [3.63, 3.8) is 0 Å². The molecule has 15 heavy (non-hydrogen) atoms. The first-order chi connectivity index (χ1) is 7.18. The van der Waals surface area contributed by atoms with Crippen LogP contribution in [-0.4, -0.2) is 25.1 Å². The lowest BCUT2D eigenvalue weighted by Crippen LogP contribution is -2.55. The summed E-state index contributed by atoms with van der Waals surface area (Å²) in [6, 6.07) is 1.90. The molecule has 5 heteroatoms. The van der Waals surface area contributed by atoms with E-state index in [1.807, 2.05) is 13.1 Å². The zero-order chi connectivity index (χ0) is 10.9. The van der Waals surface area contributed by atoms with Gasteiger partial charge in [0.1, 0.15) is 18.2 Å². The highest BCUT2D eigenvalue weighted by Crippen LogP contribution is 2.30. The Balaban J connectivity index is 2.38. The van der Waals surface area contributed by atoms with E-state index in [0.717, 1.165) is 23.4 Å². The van der Waals surface area contributed by atoms with E-state index in [2.05, 4.69) is 10.4 Å². The molecule has 0 radical (unpaired) electrons. The van der Waals surface area contributed by atoms with E-state index in [-0.39, 0.29) is 0 Å². The molecule has 0 amide bonds. The van der Waals surface area contributed by atoms with Crippen LogP contribution in [0.5, 0.6) is 0 Å². The van der Waals surface area contributed by atoms with Gasteiger partial charge in [-0.1, -0.05) is 23.2 Å². The van der Waals surface area contributed by atoms with Crippen molar-refractivity contribution >= 4 is 28.9 Å². The van der Waals surface area contributed by atoms with Gasteiger partial charge >= 0.3 is 0 Å². The molecule has 1 aromatic rings. The number of quaternary nitrogens is 1.